The molecule has 4 nitrogen and oxygen atoms in total. The standard InChI is InChI=1S/C25H24N2O2/c1-15(2)16-7-9-17(10-8-16)25-22-13-18-5-3-4-6-20(18)24(22)21-14-19(27(28)29)11-12-23(21)26-25/h3-12,14-15,22,24-26H,13H2,1-2H3/t22-,24+,25+/m1/s1. The first kappa shape index (κ1) is 17.9. The smallest absolute Gasteiger partial charge is 0.269 e. The third kappa shape index (κ3) is 2.91. The Bertz CT molecular complexity index is 1090. The number of rotatable bonds is 3. The molecule has 2 aliphatic rings. The molecule has 146 valence electrons. The van der Waals surface area contributed by atoms with E-state index in [1.807, 2.05) is 6.07 Å². The third-order valence-corrected chi connectivity index (χ3v) is 6.56. The number of benzene rings is 3. The third-order valence-electron chi connectivity index (χ3n) is 6.56. The molecule has 4 heteroatoms. The zero-order valence-corrected chi connectivity index (χ0v) is 16.6. The maximum absolute atomic E-state index is 11.4. The van der Waals surface area contributed by atoms with Gasteiger partial charge in [0, 0.05) is 23.7 Å². The summed E-state index contributed by atoms with van der Waals surface area (Å²) < 4.78 is 0. The lowest BCUT2D eigenvalue weighted by molar-refractivity contribution is -0.384. The largest absolute Gasteiger partial charge is 0.378 e. The van der Waals surface area contributed by atoms with E-state index in [9.17, 15) is 10.1 Å². The van der Waals surface area contributed by atoms with Crippen LogP contribution in [0.25, 0.3) is 0 Å². The van der Waals surface area contributed by atoms with Gasteiger partial charge in [0.25, 0.3) is 5.69 Å². The predicted molar refractivity (Wildman–Crippen MR) is 115 cm³/mol. The normalized spacial score (nSPS) is 21.8. The zero-order valence-electron chi connectivity index (χ0n) is 16.6. The van der Waals surface area contributed by atoms with Gasteiger partial charge in [0.1, 0.15) is 0 Å². The number of hydrogen-bond acceptors (Lipinski definition) is 3. The van der Waals surface area contributed by atoms with Crippen molar-refractivity contribution in [2.24, 2.45) is 5.92 Å². The molecule has 3 aromatic carbocycles. The van der Waals surface area contributed by atoms with Crippen LogP contribution in [0.4, 0.5) is 11.4 Å². The van der Waals surface area contributed by atoms with E-state index in [1.165, 1.54) is 22.3 Å². The first-order valence-corrected chi connectivity index (χ1v) is 10.3. The first-order chi connectivity index (χ1) is 14.0. The van der Waals surface area contributed by atoms with E-state index in [1.54, 1.807) is 12.1 Å². The van der Waals surface area contributed by atoms with Gasteiger partial charge in [-0.1, -0.05) is 62.4 Å². The van der Waals surface area contributed by atoms with Crippen molar-refractivity contribution in [3.63, 3.8) is 0 Å². The molecule has 0 aromatic heterocycles. The van der Waals surface area contributed by atoms with Gasteiger partial charge in [0.15, 0.2) is 0 Å². The highest BCUT2D eigenvalue weighted by atomic mass is 16.6. The minimum Gasteiger partial charge on any atom is -0.378 e. The van der Waals surface area contributed by atoms with E-state index in [-0.39, 0.29) is 22.6 Å². The Labute approximate surface area is 170 Å². The van der Waals surface area contributed by atoms with E-state index in [0.29, 0.717) is 11.8 Å². The Kier molecular flexibility index (Phi) is 4.16. The molecule has 1 aliphatic carbocycles. The zero-order chi connectivity index (χ0) is 20.1. The Hall–Kier alpha value is -3.14. The number of hydrogen-bond donors (Lipinski definition) is 1. The van der Waals surface area contributed by atoms with Crippen LogP contribution in [0.15, 0.2) is 66.7 Å². The highest BCUT2D eigenvalue weighted by Gasteiger charge is 2.43. The van der Waals surface area contributed by atoms with Crippen LogP contribution in [0.2, 0.25) is 0 Å². The summed E-state index contributed by atoms with van der Waals surface area (Å²) in [6, 6.07) is 22.9. The van der Waals surface area contributed by atoms with Crippen molar-refractivity contribution in [1.82, 2.24) is 0 Å². The van der Waals surface area contributed by atoms with Crippen LogP contribution < -0.4 is 5.32 Å². The fourth-order valence-electron chi connectivity index (χ4n) is 5.08. The lowest BCUT2D eigenvalue weighted by Gasteiger charge is -2.38. The van der Waals surface area contributed by atoms with Gasteiger partial charge in [-0.15, -0.1) is 0 Å². The van der Waals surface area contributed by atoms with Crippen molar-refractivity contribution in [2.45, 2.75) is 38.1 Å². The fourth-order valence-corrected chi connectivity index (χ4v) is 5.08. The van der Waals surface area contributed by atoms with Crippen molar-refractivity contribution in [3.05, 3.63) is 105 Å². The molecular formula is C25H24N2O2. The average Bonchev–Trinajstić information content (AvgIpc) is 3.12. The quantitative estimate of drug-likeness (QED) is 0.433. The second-order valence-corrected chi connectivity index (χ2v) is 8.52. The average molecular weight is 384 g/mol. The summed E-state index contributed by atoms with van der Waals surface area (Å²) in [6.07, 6.45) is 0.979. The summed E-state index contributed by atoms with van der Waals surface area (Å²) in [5, 5.41) is 15.1. The fraction of sp³-hybridized carbons (Fsp3) is 0.280. The van der Waals surface area contributed by atoms with Gasteiger partial charge in [-0.3, -0.25) is 10.1 Å². The number of nitrogens with zero attached hydrogens (tertiary/aromatic N) is 1. The van der Waals surface area contributed by atoms with Crippen molar-refractivity contribution >= 4 is 11.4 Å². The Balaban J connectivity index is 1.63. The van der Waals surface area contributed by atoms with Crippen LogP contribution in [0.1, 0.15) is 59.5 Å². The number of anilines is 1. The van der Waals surface area contributed by atoms with Gasteiger partial charge in [-0.25, -0.2) is 0 Å². The second kappa shape index (κ2) is 6.73. The molecule has 0 unspecified atom stereocenters. The van der Waals surface area contributed by atoms with Crippen LogP contribution in [-0.2, 0) is 6.42 Å². The molecule has 0 spiro atoms. The second-order valence-electron chi connectivity index (χ2n) is 8.52. The van der Waals surface area contributed by atoms with E-state index in [0.717, 1.165) is 17.7 Å². The van der Waals surface area contributed by atoms with E-state index < -0.39 is 0 Å². The minimum absolute atomic E-state index is 0.161. The molecule has 0 radical (unpaired) electrons. The number of nitro benzene ring substituents is 1. The molecule has 29 heavy (non-hydrogen) atoms. The molecule has 0 saturated carbocycles. The monoisotopic (exact) mass is 384 g/mol. The van der Waals surface area contributed by atoms with Crippen molar-refractivity contribution in [2.75, 3.05) is 5.32 Å². The molecule has 1 aliphatic heterocycles. The number of non-ortho nitro benzene ring substituents is 1. The van der Waals surface area contributed by atoms with Crippen molar-refractivity contribution < 1.29 is 4.92 Å². The lowest BCUT2D eigenvalue weighted by atomic mass is 9.75. The maximum atomic E-state index is 11.4. The topological polar surface area (TPSA) is 55.2 Å². The molecule has 1 N–H and O–H groups in total. The summed E-state index contributed by atoms with van der Waals surface area (Å²) in [6.45, 7) is 4.42. The summed E-state index contributed by atoms with van der Waals surface area (Å²) in [4.78, 5) is 11.1. The Morgan fingerprint density at radius 2 is 1.76 bits per heavy atom. The van der Waals surface area contributed by atoms with Gasteiger partial charge >= 0.3 is 0 Å². The Morgan fingerprint density at radius 3 is 2.48 bits per heavy atom. The van der Waals surface area contributed by atoms with Crippen LogP contribution in [-0.4, -0.2) is 4.92 Å². The van der Waals surface area contributed by atoms with Gasteiger partial charge in [0.05, 0.1) is 11.0 Å². The van der Waals surface area contributed by atoms with Gasteiger partial charge < -0.3 is 5.32 Å². The predicted octanol–water partition coefficient (Wildman–Crippen LogP) is 6.19. The number of fused-ring (bicyclic) bond motifs is 5. The van der Waals surface area contributed by atoms with Crippen LogP contribution >= 0.6 is 0 Å². The van der Waals surface area contributed by atoms with Crippen LogP contribution in [0.3, 0.4) is 0 Å². The van der Waals surface area contributed by atoms with Crippen molar-refractivity contribution in [1.29, 1.82) is 0 Å². The lowest BCUT2D eigenvalue weighted by Crippen LogP contribution is -2.30. The summed E-state index contributed by atoms with van der Waals surface area (Å²) in [7, 11) is 0. The molecule has 1 heterocycles. The van der Waals surface area contributed by atoms with Gasteiger partial charge in [-0.05, 0) is 52.1 Å². The van der Waals surface area contributed by atoms with Gasteiger partial charge in [0.2, 0.25) is 0 Å². The van der Waals surface area contributed by atoms with E-state index in [2.05, 4.69) is 67.7 Å². The van der Waals surface area contributed by atoms with Gasteiger partial charge in [-0.2, -0.15) is 0 Å². The van der Waals surface area contributed by atoms with Crippen molar-refractivity contribution in [3.8, 4) is 0 Å². The molecule has 0 bridgehead atoms. The summed E-state index contributed by atoms with van der Waals surface area (Å²) in [5.74, 6) is 1.03. The molecule has 3 aromatic rings. The maximum Gasteiger partial charge on any atom is 0.269 e. The molecular weight excluding hydrogens is 360 g/mol. The molecule has 3 atom stereocenters. The number of nitro groups is 1. The summed E-state index contributed by atoms with van der Waals surface area (Å²) >= 11 is 0. The molecule has 0 amide bonds. The minimum atomic E-state index is -0.299. The highest BCUT2D eigenvalue weighted by molar-refractivity contribution is 5.65. The van der Waals surface area contributed by atoms with Crippen LogP contribution in [0, 0.1) is 16.0 Å². The Morgan fingerprint density at radius 1 is 1.00 bits per heavy atom. The molecule has 0 saturated heterocycles. The SMILES string of the molecule is CC(C)c1ccc([C@@H]2Nc3ccc([N+](=O)[O-])cc3[C@@H]3c4ccccc4C[C@H]32)cc1. The van der Waals surface area contributed by atoms with Crippen LogP contribution in [0.5, 0.6) is 0 Å². The first-order valence-electron chi connectivity index (χ1n) is 10.3. The molecule has 5 rings (SSSR count). The van der Waals surface area contributed by atoms with E-state index in [4.69, 9.17) is 0 Å². The highest BCUT2D eigenvalue weighted by Crippen LogP contribution is 2.54. The number of nitrogens with one attached hydrogen (secondary N) is 1. The molecule has 0 fully saturated rings. The summed E-state index contributed by atoms with van der Waals surface area (Å²) in [5.41, 5.74) is 7.49. The van der Waals surface area contributed by atoms with E-state index >= 15 is 0 Å².